The number of thiophene rings is 1. The number of amides is 1. The molecule has 2 aromatic heterocycles. The number of fused-ring (bicyclic) bond motifs is 1. The highest BCUT2D eigenvalue weighted by Crippen LogP contribution is 2.33. The standard InChI is InChI=1S/C17H16N4O3S2/c1-10(26-17-19-15(20-21-17)14-3-2-8-25-14)16(22)18-11-4-5-12-13(9-11)24-7-6-23-12/h2-5,8-10H,6-7H2,1H3,(H,18,22)(H,19,20,21)/t10-/m0/s1. The fourth-order valence-corrected chi connectivity index (χ4v) is 3.79. The maximum Gasteiger partial charge on any atom is 0.237 e. The number of carbonyl (C=O) groups excluding carboxylic acids is 1. The van der Waals surface area contributed by atoms with Crippen molar-refractivity contribution in [1.29, 1.82) is 0 Å². The molecule has 0 aliphatic carbocycles. The summed E-state index contributed by atoms with van der Waals surface area (Å²) in [5.41, 5.74) is 0.668. The average Bonchev–Trinajstić information content (AvgIpc) is 3.33. The van der Waals surface area contributed by atoms with Crippen molar-refractivity contribution in [3.05, 3.63) is 35.7 Å². The lowest BCUT2D eigenvalue weighted by Gasteiger charge is -2.19. The number of carbonyl (C=O) groups is 1. The predicted molar refractivity (Wildman–Crippen MR) is 101 cm³/mol. The van der Waals surface area contributed by atoms with E-state index in [0.29, 0.717) is 41.4 Å². The van der Waals surface area contributed by atoms with Gasteiger partial charge in [-0.2, -0.15) is 0 Å². The first-order chi connectivity index (χ1) is 12.7. The molecule has 1 atom stereocenters. The fourth-order valence-electron chi connectivity index (χ4n) is 2.40. The van der Waals surface area contributed by atoms with Gasteiger partial charge in [0.1, 0.15) is 13.2 Å². The normalized spacial score (nSPS) is 14.0. The minimum absolute atomic E-state index is 0.130. The van der Waals surface area contributed by atoms with Gasteiger partial charge in [0.05, 0.1) is 10.1 Å². The molecule has 2 N–H and O–H groups in total. The summed E-state index contributed by atoms with van der Waals surface area (Å²) in [6.07, 6.45) is 0. The van der Waals surface area contributed by atoms with Crippen molar-refractivity contribution in [2.45, 2.75) is 17.3 Å². The zero-order chi connectivity index (χ0) is 17.9. The van der Waals surface area contributed by atoms with Crippen molar-refractivity contribution in [2.24, 2.45) is 0 Å². The summed E-state index contributed by atoms with van der Waals surface area (Å²) in [6, 6.07) is 9.29. The second-order valence-electron chi connectivity index (χ2n) is 5.55. The van der Waals surface area contributed by atoms with Crippen LogP contribution < -0.4 is 14.8 Å². The first-order valence-corrected chi connectivity index (χ1v) is 9.78. The predicted octanol–water partition coefficient (Wildman–Crippen LogP) is 3.42. The van der Waals surface area contributed by atoms with E-state index in [1.165, 1.54) is 11.8 Å². The third kappa shape index (κ3) is 3.68. The van der Waals surface area contributed by atoms with Crippen LogP contribution in [0.4, 0.5) is 5.69 Å². The molecular weight excluding hydrogens is 372 g/mol. The number of hydrogen-bond donors (Lipinski definition) is 2. The molecular formula is C17H16N4O3S2. The molecule has 9 heteroatoms. The number of nitrogens with zero attached hydrogens (tertiary/aromatic N) is 2. The van der Waals surface area contributed by atoms with Crippen molar-refractivity contribution in [2.75, 3.05) is 18.5 Å². The summed E-state index contributed by atoms with van der Waals surface area (Å²) < 4.78 is 11.0. The SMILES string of the molecule is C[C@H](Sc1n[nH]c(-c2cccs2)n1)C(=O)Nc1ccc2c(c1)OCCO2. The average molecular weight is 388 g/mol. The Morgan fingerprint density at radius 3 is 2.96 bits per heavy atom. The number of rotatable bonds is 5. The lowest BCUT2D eigenvalue weighted by Crippen LogP contribution is -2.23. The van der Waals surface area contributed by atoms with Crippen molar-refractivity contribution in [1.82, 2.24) is 15.2 Å². The Kier molecular flexibility index (Phi) is 4.81. The summed E-state index contributed by atoms with van der Waals surface area (Å²) in [5.74, 6) is 1.92. The summed E-state index contributed by atoms with van der Waals surface area (Å²) >= 11 is 2.88. The fraction of sp³-hybridized carbons (Fsp3) is 0.235. The molecule has 0 spiro atoms. The van der Waals surface area contributed by atoms with E-state index in [0.717, 1.165) is 4.88 Å². The van der Waals surface area contributed by atoms with E-state index in [9.17, 15) is 4.79 Å². The van der Waals surface area contributed by atoms with Gasteiger partial charge in [0.15, 0.2) is 17.3 Å². The molecule has 26 heavy (non-hydrogen) atoms. The van der Waals surface area contributed by atoms with Gasteiger partial charge in [-0.3, -0.25) is 9.89 Å². The number of aromatic amines is 1. The van der Waals surface area contributed by atoms with E-state index in [-0.39, 0.29) is 11.2 Å². The molecule has 3 heterocycles. The number of thioether (sulfide) groups is 1. The number of hydrogen-bond acceptors (Lipinski definition) is 7. The maximum atomic E-state index is 12.5. The largest absolute Gasteiger partial charge is 0.486 e. The number of ether oxygens (including phenoxy) is 2. The summed E-state index contributed by atoms with van der Waals surface area (Å²) in [5, 5.41) is 12.1. The highest BCUT2D eigenvalue weighted by molar-refractivity contribution is 8.00. The van der Waals surface area contributed by atoms with Crippen LogP contribution in [0.15, 0.2) is 40.9 Å². The topological polar surface area (TPSA) is 89.1 Å². The molecule has 0 unspecified atom stereocenters. The molecule has 0 fully saturated rings. The second kappa shape index (κ2) is 7.38. The lowest BCUT2D eigenvalue weighted by molar-refractivity contribution is -0.115. The highest BCUT2D eigenvalue weighted by atomic mass is 32.2. The summed E-state index contributed by atoms with van der Waals surface area (Å²) in [4.78, 5) is 17.9. The quantitative estimate of drug-likeness (QED) is 0.651. The van der Waals surface area contributed by atoms with Gasteiger partial charge in [0, 0.05) is 11.8 Å². The molecule has 0 radical (unpaired) electrons. The van der Waals surface area contributed by atoms with Crippen LogP contribution in [0.3, 0.4) is 0 Å². The van der Waals surface area contributed by atoms with Gasteiger partial charge in [-0.1, -0.05) is 17.8 Å². The Bertz CT molecular complexity index is 911. The highest BCUT2D eigenvalue weighted by Gasteiger charge is 2.19. The van der Waals surface area contributed by atoms with Crippen molar-refractivity contribution < 1.29 is 14.3 Å². The molecule has 3 aromatic rings. The summed E-state index contributed by atoms with van der Waals surface area (Å²) in [6.45, 7) is 2.86. The van der Waals surface area contributed by atoms with Gasteiger partial charge in [0.2, 0.25) is 11.1 Å². The Hall–Kier alpha value is -2.52. The van der Waals surface area contributed by atoms with Gasteiger partial charge in [-0.05, 0) is 30.5 Å². The first kappa shape index (κ1) is 16.9. The van der Waals surface area contributed by atoms with E-state index < -0.39 is 0 Å². The van der Waals surface area contributed by atoms with Crippen LogP contribution in [0.25, 0.3) is 10.7 Å². The maximum absolute atomic E-state index is 12.5. The van der Waals surface area contributed by atoms with Gasteiger partial charge < -0.3 is 14.8 Å². The number of H-pyrrole nitrogens is 1. The van der Waals surface area contributed by atoms with Crippen LogP contribution in [-0.4, -0.2) is 39.6 Å². The van der Waals surface area contributed by atoms with Gasteiger partial charge in [-0.15, -0.1) is 16.4 Å². The van der Waals surface area contributed by atoms with Crippen LogP contribution >= 0.6 is 23.1 Å². The van der Waals surface area contributed by atoms with E-state index in [4.69, 9.17) is 9.47 Å². The molecule has 0 saturated carbocycles. The van der Waals surface area contributed by atoms with Crippen LogP contribution in [0, 0.1) is 0 Å². The molecule has 0 bridgehead atoms. The third-order valence-electron chi connectivity index (χ3n) is 3.68. The number of aromatic nitrogens is 3. The lowest BCUT2D eigenvalue weighted by atomic mass is 10.2. The zero-order valence-electron chi connectivity index (χ0n) is 13.9. The van der Waals surface area contributed by atoms with E-state index >= 15 is 0 Å². The Balaban J connectivity index is 1.39. The van der Waals surface area contributed by atoms with Crippen LogP contribution in [0.2, 0.25) is 0 Å². The summed E-state index contributed by atoms with van der Waals surface area (Å²) in [7, 11) is 0. The van der Waals surface area contributed by atoms with Crippen LogP contribution in [0.1, 0.15) is 6.92 Å². The number of nitrogens with one attached hydrogen (secondary N) is 2. The molecule has 4 rings (SSSR count). The van der Waals surface area contributed by atoms with Gasteiger partial charge in [-0.25, -0.2) is 4.98 Å². The van der Waals surface area contributed by atoms with Gasteiger partial charge in [0.25, 0.3) is 0 Å². The third-order valence-corrected chi connectivity index (χ3v) is 5.52. The minimum atomic E-state index is -0.352. The first-order valence-electron chi connectivity index (χ1n) is 8.02. The monoisotopic (exact) mass is 388 g/mol. The second-order valence-corrected chi connectivity index (χ2v) is 7.81. The molecule has 134 valence electrons. The minimum Gasteiger partial charge on any atom is -0.486 e. The van der Waals surface area contributed by atoms with E-state index in [2.05, 4.69) is 20.5 Å². The van der Waals surface area contributed by atoms with Crippen molar-refractivity contribution >= 4 is 34.7 Å². The molecule has 1 aliphatic rings. The van der Waals surface area contributed by atoms with E-state index in [1.807, 2.05) is 24.4 Å². The Morgan fingerprint density at radius 2 is 2.15 bits per heavy atom. The van der Waals surface area contributed by atoms with Crippen LogP contribution in [0.5, 0.6) is 11.5 Å². The Labute approximate surface area is 158 Å². The van der Waals surface area contributed by atoms with E-state index in [1.54, 1.807) is 29.5 Å². The molecule has 0 saturated heterocycles. The Morgan fingerprint density at radius 1 is 1.31 bits per heavy atom. The molecule has 7 nitrogen and oxygen atoms in total. The van der Waals surface area contributed by atoms with Crippen molar-refractivity contribution in [3.8, 4) is 22.2 Å². The molecule has 1 amide bonds. The van der Waals surface area contributed by atoms with Gasteiger partial charge >= 0.3 is 0 Å². The van der Waals surface area contributed by atoms with Crippen molar-refractivity contribution in [3.63, 3.8) is 0 Å². The zero-order valence-corrected chi connectivity index (χ0v) is 15.5. The number of anilines is 1. The van der Waals surface area contributed by atoms with Crippen LogP contribution in [-0.2, 0) is 4.79 Å². The molecule has 1 aromatic carbocycles. The smallest absolute Gasteiger partial charge is 0.237 e. The number of benzene rings is 1. The molecule has 1 aliphatic heterocycles.